The predicted octanol–water partition coefficient (Wildman–Crippen LogP) is 5.97. The molecule has 0 aliphatic heterocycles. The Labute approximate surface area is 258 Å². The number of nitriles is 1. The van der Waals surface area contributed by atoms with Crippen molar-refractivity contribution in [2.75, 3.05) is 23.4 Å². The van der Waals surface area contributed by atoms with E-state index in [1.807, 2.05) is 6.07 Å². The number of amides is 3. The van der Waals surface area contributed by atoms with Crippen molar-refractivity contribution in [3.05, 3.63) is 102 Å². The van der Waals surface area contributed by atoms with E-state index in [4.69, 9.17) is 0 Å². The lowest BCUT2D eigenvalue weighted by molar-refractivity contribution is -0.822. The standard InChI is InChI=1S/C33H32F4N5O3/c1-5-29(43)40(28-13-22(19-38)11-12-39-28)20-30(44)41(25-15-23(34)14-24(35)16-25)31(27-10-8-7-9-21(27)3)32(45)42(4,6-2)26-17-33(36,37)18-26/h6-16,26,31H,2,5,17-18,20H2,1,3-4H3/q+1. The van der Waals surface area contributed by atoms with Crippen LogP contribution in [0.2, 0.25) is 0 Å². The van der Waals surface area contributed by atoms with Gasteiger partial charge in [-0.3, -0.25) is 19.4 Å². The van der Waals surface area contributed by atoms with E-state index >= 15 is 0 Å². The van der Waals surface area contributed by atoms with Crippen molar-refractivity contribution < 1.29 is 36.4 Å². The molecule has 1 fully saturated rings. The molecule has 12 heteroatoms. The Hall–Kier alpha value is -4.89. The highest BCUT2D eigenvalue weighted by atomic mass is 19.3. The van der Waals surface area contributed by atoms with Crippen LogP contribution in [0.4, 0.5) is 29.1 Å². The number of quaternary nitrogens is 1. The second-order valence-corrected chi connectivity index (χ2v) is 11.1. The van der Waals surface area contributed by atoms with E-state index in [0.717, 1.165) is 21.9 Å². The molecular formula is C33H32F4N5O3+. The minimum Gasteiger partial charge on any atom is -0.290 e. The van der Waals surface area contributed by atoms with Crippen molar-refractivity contribution in [2.24, 2.45) is 0 Å². The molecule has 0 spiro atoms. The zero-order chi connectivity index (χ0) is 33.1. The Kier molecular flexibility index (Phi) is 9.53. The summed E-state index contributed by atoms with van der Waals surface area (Å²) < 4.78 is 56.8. The minimum absolute atomic E-state index is 0.0261. The van der Waals surface area contributed by atoms with Crippen molar-refractivity contribution in [1.82, 2.24) is 4.98 Å². The molecular weight excluding hydrogens is 590 g/mol. The second kappa shape index (κ2) is 13.0. The summed E-state index contributed by atoms with van der Waals surface area (Å²) in [7, 11) is 1.40. The smallest absolute Gasteiger partial charge is 0.290 e. The molecule has 1 heterocycles. The highest BCUT2D eigenvalue weighted by Crippen LogP contribution is 2.45. The Morgan fingerprint density at radius 2 is 1.76 bits per heavy atom. The first-order valence-corrected chi connectivity index (χ1v) is 14.2. The number of anilines is 2. The van der Waals surface area contributed by atoms with Gasteiger partial charge in [-0.25, -0.2) is 31.8 Å². The Balaban J connectivity index is 1.92. The lowest BCUT2D eigenvalue weighted by atomic mass is 9.84. The summed E-state index contributed by atoms with van der Waals surface area (Å²) in [6.45, 7) is 6.23. The summed E-state index contributed by atoms with van der Waals surface area (Å²) in [6.07, 6.45) is 1.22. The fourth-order valence-electron chi connectivity index (χ4n) is 5.42. The second-order valence-electron chi connectivity index (χ2n) is 11.1. The average molecular weight is 623 g/mol. The molecule has 1 aliphatic rings. The van der Waals surface area contributed by atoms with Gasteiger partial charge in [-0.05, 0) is 48.9 Å². The number of hydrogen-bond acceptors (Lipinski definition) is 5. The SMILES string of the molecule is C=C[N+](C)(C(=O)C(c1ccccc1C)N(C(=O)CN(C(=O)CC)c1cc(C#N)ccn1)c1cc(F)cc(F)c1)C1CC(F)(F)C1. The summed E-state index contributed by atoms with van der Waals surface area (Å²) in [4.78, 5) is 48.2. The monoisotopic (exact) mass is 622 g/mol. The van der Waals surface area contributed by atoms with Crippen LogP contribution >= 0.6 is 0 Å². The molecule has 1 aliphatic carbocycles. The molecule has 3 amide bonds. The van der Waals surface area contributed by atoms with Gasteiger partial charge in [-0.15, -0.1) is 0 Å². The number of rotatable bonds is 10. The van der Waals surface area contributed by atoms with Crippen LogP contribution in [0.25, 0.3) is 0 Å². The summed E-state index contributed by atoms with van der Waals surface area (Å²) in [5.41, 5.74) is 0.631. The normalized spacial score (nSPS) is 16.0. The van der Waals surface area contributed by atoms with Gasteiger partial charge in [-0.1, -0.05) is 31.2 Å². The molecule has 234 valence electrons. The van der Waals surface area contributed by atoms with Crippen molar-refractivity contribution >= 4 is 29.2 Å². The first-order chi connectivity index (χ1) is 21.2. The van der Waals surface area contributed by atoms with Crippen LogP contribution in [0.1, 0.15) is 48.9 Å². The lowest BCUT2D eigenvalue weighted by Crippen LogP contribution is -2.64. The molecule has 2 unspecified atom stereocenters. The fourth-order valence-corrected chi connectivity index (χ4v) is 5.42. The summed E-state index contributed by atoms with van der Waals surface area (Å²) in [6, 6.07) is 11.1. The van der Waals surface area contributed by atoms with E-state index in [2.05, 4.69) is 11.6 Å². The Morgan fingerprint density at radius 1 is 1.11 bits per heavy atom. The van der Waals surface area contributed by atoms with E-state index in [0.29, 0.717) is 11.6 Å². The van der Waals surface area contributed by atoms with Gasteiger partial charge < -0.3 is 0 Å². The molecule has 2 aromatic carbocycles. The number of carbonyl (C=O) groups is 3. The van der Waals surface area contributed by atoms with E-state index in [1.165, 1.54) is 31.6 Å². The molecule has 4 rings (SSSR count). The van der Waals surface area contributed by atoms with Crippen LogP contribution in [-0.2, 0) is 14.4 Å². The molecule has 2 atom stereocenters. The number of carbonyl (C=O) groups excluding carboxylic acids is 3. The third-order valence-corrected chi connectivity index (χ3v) is 8.10. The van der Waals surface area contributed by atoms with E-state index in [9.17, 15) is 37.2 Å². The highest BCUT2D eigenvalue weighted by Gasteiger charge is 2.58. The summed E-state index contributed by atoms with van der Waals surface area (Å²) in [5, 5.41) is 9.38. The summed E-state index contributed by atoms with van der Waals surface area (Å²) >= 11 is 0. The first-order valence-electron chi connectivity index (χ1n) is 14.2. The number of aromatic nitrogens is 1. The number of likely N-dealkylation sites (N-methyl/N-ethyl adjacent to an activating group) is 1. The van der Waals surface area contributed by atoms with Crippen LogP contribution in [0.15, 0.2) is 73.6 Å². The number of nitrogens with zero attached hydrogens (tertiary/aromatic N) is 5. The molecule has 1 saturated carbocycles. The van der Waals surface area contributed by atoms with Crippen LogP contribution in [0.5, 0.6) is 0 Å². The molecule has 8 nitrogen and oxygen atoms in total. The Bertz CT molecular complexity index is 1660. The Morgan fingerprint density at radius 3 is 2.31 bits per heavy atom. The maximum atomic E-state index is 14.7. The van der Waals surface area contributed by atoms with Gasteiger partial charge in [0, 0.05) is 18.7 Å². The predicted molar refractivity (Wildman–Crippen MR) is 159 cm³/mol. The van der Waals surface area contributed by atoms with Crippen molar-refractivity contribution in [2.45, 2.75) is 51.1 Å². The van der Waals surface area contributed by atoms with Gasteiger partial charge in [0.1, 0.15) is 30.0 Å². The van der Waals surface area contributed by atoms with Gasteiger partial charge in [0.2, 0.25) is 11.8 Å². The highest BCUT2D eigenvalue weighted by molar-refractivity contribution is 6.06. The van der Waals surface area contributed by atoms with E-state index < -0.39 is 71.2 Å². The van der Waals surface area contributed by atoms with Crippen LogP contribution in [-0.4, -0.2) is 52.7 Å². The maximum Gasteiger partial charge on any atom is 0.345 e. The zero-order valence-electron chi connectivity index (χ0n) is 25.0. The number of benzene rings is 2. The number of halogens is 4. The van der Waals surface area contributed by atoms with Crippen LogP contribution < -0.4 is 9.80 Å². The van der Waals surface area contributed by atoms with Crippen molar-refractivity contribution in [3.63, 3.8) is 0 Å². The van der Waals surface area contributed by atoms with Gasteiger partial charge in [0.05, 0.1) is 43.4 Å². The quantitative estimate of drug-likeness (QED) is 0.205. The largest absolute Gasteiger partial charge is 0.345 e. The van der Waals surface area contributed by atoms with Gasteiger partial charge in [0.15, 0.2) is 6.04 Å². The average Bonchev–Trinajstić information content (AvgIpc) is 3.00. The molecule has 1 aromatic heterocycles. The topological polar surface area (TPSA) is 94.4 Å². The third-order valence-electron chi connectivity index (χ3n) is 8.10. The van der Waals surface area contributed by atoms with Gasteiger partial charge in [-0.2, -0.15) is 5.26 Å². The van der Waals surface area contributed by atoms with Gasteiger partial charge in [0.25, 0.3) is 5.92 Å². The van der Waals surface area contributed by atoms with Crippen LogP contribution in [0, 0.1) is 29.9 Å². The molecule has 0 N–H and O–H groups in total. The minimum atomic E-state index is -2.99. The lowest BCUT2D eigenvalue weighted by Gasteiger charge is -2.46. The van der Waals surface area contributed by atoms with E-state index in [1.54, 1.807) is 38.1 Å². The third kappa shape index (κ3) is 6.78. The molecule has 45 heavy (non-hydrogen) atoms. The fraction of sp³-hybridized carbons (Fsp3) is 0.303. The first kappa shape index (κ1) is 33.0. The molecule has 0 bridgehead atoms. The number of hydrogen-bond donors (Lipinski definition) is 0. The van der Waals surface area contributed by atoms with Crippen molar-refractivity contribution in [3.8, 4) is 6.07 Å². The molecule has 0 radical (unpaired) electrons. The number of aryl methyl sites for hydroxylation is 1. The van der Waals surface area contributed by atoms with E-state index in [-0.39, 0.29) is 29.1 Å². The number of pyridine rings is 1. The maximum absolute atomic E-state index is 14.7. The molecule has 3 aromatic rings. The molecule has 0 saturated heterocycles. The van der Waals surface area contributed by atoms with Crippen molar-refractivity contribution in [1.29, 1.82) is 5.26 Å². The summed E-state index contributed by atoms with van der Waals surface area (Å²) in [5.74, 6) is -7.33. The van der Waals surface area contributed by atoms with Crippen LogP contribution in [0.3, 0.4) is 0 Å². The zero-order valence-corrected chi connectivity index (χ0v) is 25.0. The van der Waals surface area contributed by atoms with Gasteiger partial charge >= 0.3 is 5.91 Å². The number of alkyl halides is 2.